The number of rotatable bonds is 3. The van der Waals surface area contributed by atoms with Crippen molar-refractivity contribution in [2.45, 2.75) is 6.54 Å². The summed E-state index contributed by atoms with van der Waals surface area (Å²) in [5.74, 6) is 0. The lowest BCUT2D eigenvalue weighted by molar-refractivity contribution is 1.14. The third-order valence-electron chi connectivity index (χ3n) is 2.93. The zero-order chi connectivity index (χ0) is 13.1. The number of anilines is 1. The molecule has 1 N–H and O–H groups in total. The van der Waals surface area contributed by atoms with Crippen molar-refractivity contribution in [3.05, 3.63) is 65.7 Å². The number of hydrogen-bond acceptors (Lipinski definition) is 3. The lowest BCUT2D eigenvalue weighted by Gasteiger charge is -2.07. The lowest BCUT2D eigenvalue weighted by Crippen LogP contribution is -1.99. The number of pyridine rings is 2. The van der Waals surface area contributed by atoms with Crippen LogP contribution in [0.3, 0.4) is 0 Å². The molecule has 2 heterocycles. The molecule has 0 aliphatic rings. The molecular weight excluding hydrogens is 258 g/mol. The zero-order valence-corrected chi connectivity index (χ0v) is 10.9. The quantitative estimate of drug-likeness (QED) is 0.733. The fourth-order valence-electron chi connectivity index (χ4n) is 1.93. The van der Waals surface area contributed by atoms with Crippen LogP contribution < -0.4 is 5.32 Å². The highest BCUT2D eigenvalue weighted by molar-refractivity contribution is 6.29. The number of halogens is 1. The van der Waals surface area contributed by atoms with E-state index in [9.17, 15) is 0 Å². The maximum absolute atomic E-state index is 5.75. The van der Waals surface area contributed by atoms with Crippen molar-refractivity contribution in [1.29, 1.82) is 0 Å². The van der Waals surface area contributed by atoms with Gasteiger partial charge >= 0.3 is 0 Å². The summed E-state index contributed by atoms with van der Waals surface area (Å²) in [7, 11) is 0. The minimum atomic E-state index is 0.503. The van der Waals surface area contributed by atoms with Gasteiger partial charge in [-0.05, 0) is 35.2 Å². The Kier molecular flexibility index (Phi) is 3.29. The molecule has 19 heavy (non-hydrogen) atoms. The van der Waals surface area contributed by atoms with E-state index in [-0.39, 0.29) is 0 Å². The third-order valence-corrected chi connectivity index (χ3v) is 3.15. The second kappa shape index (κ2) is 5.24. The number of hydrogen-bond donors (Lipinski definition) is 1. The monoisotopic (exact) mass is 269 g/mol. The van der Waals surface area contributed by atoms with Crippen molar-refractivity contribution in [1.82, 2.24) is 9.97 Å². The summed E-state index contributed by atoms with van der Waals surface area (Å²) < 4.78 is 0. The van der Waals surface area contributed by atoms with Gasteiger partial charge in [0.25, 0.3) is 0 Å². The SMILES string of the molecule is Clc1ccc(NCc2ccc3cnccc3c2)cn1. The largest absolute Gasteiger partial charge is 0.380 e. The van der Waals surface area contributed by atoms with Crippen LogP contribution in [0.4, 0.5) is 5.69 Å². The molecule has 0 saturated heterocycles. The summed E-state index contributed by atoms with van der Waals surface area (Å²) in [6, 6.07) is 12.0. The van der Waals surface area contributed by atoms with Crippen molar-refractivity contribution in [2.75, 3.05) is 5.32 Å². The number of fused-ring (bicyclic) bond motifs is 1. The van der Waals surface area contributed by atoms with Gasteiger partial charge in [0.1, 0.15) is 5.15 Å². The molecule has 0 spiro atoms. The van der Waals surface area contributed by atoms with Crippen molar-refractivity contribution in [3.63, 3.8) is 0 Å². The first-order valence-electron chi connectivity index (χ1n) is 5.99. The highest BCUT2D eigenvalue weighted by atomic mass is 35.5. The topological polar surface area (TPSA) is 37.8 Å². The van der Waals surface area contributed by atoms with Gasteiger partial charge in [0.05, 0.1) is 11.9 Å². The normalized spacial score (nSPS) is 10.6. The Morgan fingerprint density at radius 3 is 2.79 bits per heavy atom. The molecule has 0 unspecified atom stereocenters. The Labute approximate surface area is 116 Å². The number of nitrogens with one attached hydrogen (secondary N) is 1. The van der Waals surface area contributed by atoms with Crippen molar-refractivity contribution < 1.29 is 0 Å². The Bertz CT molecular complexity index is 695. The fraction of sp³-hybridized carbons (Fsp3) is 0.0667. The molecule has 3 nitrogen and oxygen atoms in total. The molecular formula is C15H12ClN3. The summed E-state index contributed by atoms with van der Waals surface area (Å²) in [5.41, 5.74) is 2.17. The first kappa shape index (κ1) is 11.9. The second-order valence-electron chi connectivity index (χ2n) is 4.28. The Balaban J connectivity index is 1.76. The van der Waals surface area contributed by atoms with E-state index in [1.54, 1.807) is 12.3 Å². The second-order valence-corrected chi connectivity index (χ2v) is 4.67. The molecule has 0 atom stereocenters. The number of benzene rings is 1. The molecule has 3 rings (SSSR count). The molecule has 2 aromatic heterocycles. The minimum absolute atomic E-state index is 0.503. The van der Waals surface area contributed by atoms with E-state index in [2.05, 4.69) is 33.5 Å². The predicted molar refractivity (Wildman–Crippen MR) is 78.3 cm³/mol. The molecule has 0 saturated carbocycles. The van der Waals surface area contributed by atoms with Gasteiger partial charge in [-0.2, -0.15) is 0 Å². The Morgan fingerprint density at radius 1 is 1.00 bits per heavy atom. The molecule has 0 fully saturated rings. The van der Waals surface area contributed by atoms with Crippen LogP contribution in [0.5, 0.6) is 0 Å². The third kappa shape index (κ3) is 2.83. The maximum Gasteiger partial charge on any atom is 0.129 e. The van der Waals surface area contributed by atoms with E-state index >= 15 is 0 Å². The van der Waals surface area contributed by atoms with E-state index in [1.165, 1.54) is 10.9 Å². The Hall–Kier alpha value is -2.13. The van der Waals surface area contributed by atoms with Crippen molar-refractivity contribution >= 4 is 28.1 Å². The fourth-order valence-corrected chi connectivity index (χ4v) is 2.04. The van der Waals surface area contributed by atoms with Crippen LogP contribution in [0.25, 0.3) is 10.8 Å². The van der Waals surface area contributed by atoms with Gasteiger partial charge in [-0.15, -0.1) is 0 Å². The van der Waals surface area contributed by atoms with E-state index in [1.807, 2.05) is 24.5 Å². The number of nitrogens with zero attached hydrogens (tertiary/aromatic N) is 2. The van der Waals surface area contributed by atoms with Crippen LogP contribution in [0.1, 0.15) is 5.56 Å². The summed E-state index contributed by atoms with van der Waals surface area (Å²) in [6.45, 7) is 0.752. The molecule has 94 valence electrons. The van der Waals surface area contributed by atoms with E-state index in [0.29, 0.717) is 5.15 Å². The number of aromatic nitrogens is 2. The van der Waals surface area contributed by atoms with Crippen molar-refractivity contribution in [3.8, 4) is 0 Å². The molecule has 0 aliphatic heterocycles. The van der Waals surface area contributed by atoms with E-state index in [4.69, 9.17) is 11.6 Å². The highest BCUT2D eigenvalue weighted by Crippen LogP contribution is 2.16. The highest BCUT2D eigenvalue weighted by Gasteiger charge is 1.98. The molecule has 3 aromatic rings. The van der Waals surface area contributed by atoms with Gasteiger partial charge in [0, 0.05) is 24.3 Å². The van der Waals surface area contributed by atoms with Crippen LogP contribution in [-0.4, -0.2) is 9.97 Å². The first-order valence-corrected chi connectivity index (χ1v) is 6.37. The molecule has 1 aromatic carbocycles. The molecule has 0 radical (unpaired) electrons. The molecule has 0 aliphatic carbocycles. The van der Waals surface area contributed by atoms with E-state index < -0.39 is 0 Å². The summed E-state index contributed by atoms with van der Waals surface area (Å²) in [4.78, 5) is 8.14. The van der Waals surface area contributed by atoms with Gasteiger partial charge in [-0.1, -0.05) is 23.7 Å². The molecule has 4 heteroatoms. The average Bonchev–Trinajstić information content (AvgIpc) is 2.46. The van der Waals surface area contributed by atoms with Crippen LogP contribution in [0.2, 0.25) is 5.15 Å². The van der Waals surface area contributed by atoms with Gasteiger partial charge < -0.3 is 5.32 Å². The zero-order valence-electron chi connectivity index (χ0n) is 10.2. The van der Waals surface area contributed by atoms with Gasteiger partial charge in [-0.25, -0.2) is 4.98 Å². The summed E-state index contributed by atoms with van der Waals surface area (Å²) >= 11 is 5.75. The molecule has 0 amide bonds. The Morgan fingerprint density at radius 2 is 1.95 bits per heavy atom. The maximum atomic E-state index is 5.75. The minimum Gasteiger partial charge on any atom is -0.380 e. The van der Waals surface area contributed by atoms with Gasteiger partial charge in [0.15, 0.2) is 0 Å². The summed E-state index contributed by atoms with van der Waals surface area (Å²) in [5, 5.41) is 6.17. The smallest absolute Gasteiger partial charge is 0.129 e. The van der Waals surface area contributed by atoms with Crippen LogP contribution in [0.15, 0.2) is 55.0 Å². The van der Waals surface area contributed by atoms with Crippen molar-refractivity contribution in [2.24, 2.45) is 0 Å². The molecule has 0 bridgehead atoms. The van der Waals surface area contributed by atoms with Gasteiger partial charge in [-0.3, -0.25) is 4.98 Å². The predicted octanol–water partition coefficient (Wildman–Crippen LogP) is 3.90. The first-order chi connectivity index (χ1) is 9.31. The summed E-state index contributed by atoms with van der Waals surface area (Å²) in [6.07, 6.45) is 5.41. The lowest BCUT2D eigenvalue weighted by atomic mass is 10.1. The standard InChI is InChI=1S/C15H12ClN3/c16-15-4-3-14(10-19-15)18-8-11-1-2-13-9-17-6-5-12(13)7-11/h1-7,9-10,18H,8H2. The average molecular weight is 270 g/mol. The van der Waals surface area contributed by atoms with Crippen LogP contribution in [-0.2, 0) is 6.54 Å². The van der Waals surface area contributed by atoms with Crippen LogP contribution in [0, 0.1) is 0 Å². The van der Waals surface area contributed by atoms with Gasteiger partial charge in [0.2, 0.25) is 0 Å². The van der Waals surface area contributed by atoms with Crippen LogP contribution >= 0.6 is 11.6 Å². The van der Waals surface area contributed by atoms with E-state index in [0.717, 1.165) is 17.6 Å².